The van der Waals surface area contributed by atoms with E-state index in [0.29, 0.717) is 12.5 Å². The summed E-state index contributed by atoms with van der Waals surface area (Å²) >= 11 is 0. The van der Waals surface area contributed by atoms with Crippen LogP contribution in [0, 0.1) is 11.8 Å². The van der Waals surface area contributed by atoms with E-state index in [1.165, 1.54) is 0 Å². The highest BCUT2D eigenvalue weighted by Gasteiger charge is 2.26. The molecule has 0 aromatic carbocycles. The van der Waals surface area contributed by atoms with Gasteiger partial charge in [-0.1, -0.05) is 13.8 Å². The molecule has 1 saturated heterocycles. The van der Waals surface area contributed by atoms with Crippen molar-refractivity contribution in [1.82, 2.24) is 4.90 Å². The van der Waals surface area contributed by atoms with Gasteiger partial charge in [0.15, 0.2) is 0 Å². The van der Waals surface area contributed by atoms with Crippen molar-refractivity contribution in [3.63, 3.8) is 0 Å². The molecule has 0 aromatic rings. The Labute approximate surface area is 73.9 Å². The van der Waals surface area contributed by atoms with Crippen LogP contribution in [0.4, 0.5) is 0 Å². The summed E-state index contributed by atoms with van der Waals surface area (Å²) in [6, 6.07) is 0. The van der Waals surface area contributed by atoms with E-state index in [1.54, 1.807) is 0 Å². The molecule has 12 heavy (non-hydrogen) atoms. The molecule has 1 atom stereocenters. The molecular formula is C9H18N2O. The summed E-state index contributed by atoms with van der Waals surface area (Å²) in [6.07, 6.45) is 1.08. The zero-order valence-electron chi connectivity index (χ0n) is 7.92. The van der Waals surface area contributed by atoms with Crippen molar-refractivity contribution >= 4 is 5.91 Å². The number of carbonyl (C=O) groups excluding carboxylic acids is 1. The monoisotopic (exact) mass is 170 g/mol. The lowest BCUT2D eigenvalue weighted by Crippen LogP contribution is -2.32. The first-order valence-corrected chi connectivity index (χ1v) is 4.64. The Morgan fingerprint density at radius 2 is 2.33 bits per heavy atom. The SMILES string of the molecule is CC(C)C(=O)N1CC[C@@H](CN)C1. The summed E-state index contributed by atoms with van der Waals surface area (Å²) in [5, 5.41) is 0. The maximum Gasteiger partial charge on any atom is 0.225 e. The number of amides is 1. The van der Waals surface area contributed by atoms with Gasteiger partial charge in [0.25, 0.3) is 0 Å². The van der Waals surface area contributed by atoms with Gasteiger partial charge in [0.2, 0.25) is 5.91 Å². The zero-order valence-corrected chi connectivity index (χ0v) is 7.92. The van der Waals surface area contributed by atoms with Crippen LogP contribution in [0.5, 0.6) is 0 Å². The van der Waals surface area contributed by atoms with Crippen LogP contribution in [0.3, 0.4) is 0 Å². The molecule has 2 N–H and O–H groups in total. The van der Waals surface area contributed by atoms with Crippen LogP contribution < -0.4 is 5.73 Å². The van der Waals surface area contributed by atoms with Gasteiger partial charge in [-0.25, -0.2) is 0 Å². The quantitative estimate of drug-likeness (QED) is 0.654. The van der Waals surface area contributed by atoms with Gasteiger partial charge in [0, 0.05) is 19.0 Å². The van der Waals surface area contributed by atoms with Crippen molar-refractivity contribution in [3.8, 4) is 0 Å². The molecule has 0 radical (unpaired) electrons. The first-order chi connectivity index (χ1) is 5.65. The first-order valence-electron chi connectivity index (χ1n) is 4.64. The van der Waals surface area contributed by atoms with Crippen molar-refractivity contribution in [1.29, 1.82) is 0 Å². The lowest BCUT2D eigenvalue weighted by atomic mass is 10.1. The van der Waals surface area contributed by atoms with Gasteiger partial charge in [0.1, 0.15) is 0 Å². The van der Waals surface area contributed by atoms with Gasteiger partial charge in [-0.2, -0.15) is 0 Å². The minimum absolute atomic E-state index is 0.126. The number of likely N-dealkylation sites (tertiary alicyclic amines) is 1. The number of carbonyl (C=O) groups is 1. The Morgan fingerprint density at radius 1 is 1.67 bits per heavy atom. The topological polar surface area (TPSA) is 46.3 Å². The minimum atomic E-state index is 0.126. The molecule has 70 valence electrons. The summed E-state index contributed by atoms with van der Waals surface area (Å²) < 4.78 is 0. The van der Waals surface area contributed by atoms with E-state index >= 15 is 0 Å². The third kappa shape index (κ3) is 1.97. The average molecular weight is 170 g/mol. The van der Waals surface area contributed by atoms with Crippen LogP contribution in [0.25, 0.3) is 0 Å². The number of rotatable bonds is 2. The van der Waals surface area contributed by atoms with Gasteiger partial charge in [-0.3, -0.25) is 4.79 Å². The first kappa shape index (κ1) is 9.52. The van der Waals surface area contributed by atoms with E-state index in [9.17, 15) is 4.79 Å². The summed E-state index contributed by atoms with van der Waals surface area (Å²) in [4.78, 5) is 13.4. The molecule has 0 saturated carbocycles. The Kier molecular flexibility index (Phi) is 3.09. The maximum atomic E-state index is 11.5. The highest BCUT2D eigenvalue weighted by molar-refractivity contribution is 5.78. The average Bonchev–Trinajstić information content (AvgIpc) is 2.50. The van der Waals surface area contributed by atoms with Crippen molar-refractivity contribution < 1.29 is 4.79 Å². The van der Waals surface area contributed by atoms with E-state index in [0.717, 1.165) is 19.5 Å². The summed E-state index contributed by atoms with van der Waals surface area (Å²) in [6.45, 7) is 6.37. The van der Waals surface area contributed by atoms with E-state index < -0.39 is 0 Å². The van der Waals surface area contributed by atoms with Gasteiger partial charge in [0.05, 0.1) is 0 Å². The largest absolute Gasteiger partial charge is 0.342 e. The van der Waals surface area contributed by atoms with E-state index in [-0.39, 0.29) is 11.8 Å². The fourth-order valence-electron chi connectivity index (χ4n) is 1.59. The number of nitrogens with zero attached hydrogens (tertiary/aromatic N) is 1. The fraction of sp³-hybridized carbons (Fsp3) is 0.889. The Bertz CT molecular complexity index is 168. The molecule has 0 aromatic heterocycles. The molecule has 1 fully saturated rings. The third-order valence-corrected chi connectivity index (χ3v) is 2.42. The van der Waals surface area contributed by atoms with Crippen molar-refractivity contribution in [2.75, 3.05) is 19.6 Å². The Balaban J connectivity index is 2.41. The van der Waals surface area contributed by atoms with Crippen molar-refractivity contribution in [2.24, 2.45) is 17.6 Å². The van der Waals surface area contributed by atoms with Crippen LogP contribution in [0.2, 0.25) is 0 Å². The predicted octanol–water partition coefficient (Wildman–Crippen LogP) is 0.450. The fourth-order valence-corrected chi connectivity index (χ4v) is 1.59. The van der Waals surface area contributed by atoms with Gasteiger partial charge in [-0.15, -0.1) is 0 Å². The number of nitrogens with two attached hydrogens (primary N) is 1. The van der Waals surface area contributed by atoms with E-state index in [4.69, 9.17) is 5.73 Å². The van der Waals surface area contributed by atoms with Gasteiger partial charge >= 0.3 is 0 Å². The second-order valence-electron chi connectivity index (χ2n) is 3.83. The van der Waals surface area contributed by atoms with Crippen LogP contribution in [0.15, 0.2) is 0 Å². The molecule has 0 aliphatic carbocycles. The van der Waals surface area contributed by atoms with E-state index in [2.05, 4.69) is 0 Å². The third-order valence-electron chi connectivity index (χ3n) is 2.42. The molecule has 1 aliphatic rings. The normalized spacial score (nSPS) is 23.7. The molecule has 0 spiro atoms. The second-order valence-corrected chi connectivity index (χ2v) is 3.83. The molecule has 1 heterocycles. The lowest BCUT2D eigenvalue weighted by molar-refractivity contribution is -0.133. The highest BCUT2D eigenvalue weighted by Crippen LogP contribution is 2.16. The molecule has 1 amide bonds. The van der Waals surface area contributed by atoms with Crippen molar-refractivity contribution in [2.45, 2.75) is 20.3 Å². The summed E-state index contributed by atoms with van der Waals surface area (Å²) in [5.74, 6) is 0.931. The molecular weight excluding hydrogens is 152 g/mol. The summed E-state index contributed by atoms with van der Waals surface area (Å²) in [5.41, 5.74) is 5.53. The van der Waals surface area contributed by atoms with Crippen LogP contribution in [-0.2, 0) is 4.79 Å². The lowest BCUT2D eigenvalue weighted by Gasteiger charge is -2.18. The van der Waals surface area contributed by atoms with E-state index in [1.807, 2.05) is 18.7 Å². The minimum Gasteiger partial charge on any atom is -0.342 e. The Morgan fingerprint density at radius 3 is 2.75 bits per heavy atom. The van der Waals surface area contributed by atoms with Crippen LogP contribution >= 0.6 is 0 Å². The predicted molar refractivity (Wildman–Crippen MR) is 48.6 cm³/mol. The van der Waals surface area contributed by atoms with Gasteiger partial charge in [-0.05, 0) is 18.9 Å². The molecule has 3 heteroatoms. The van der Waals surface area contributed by atoms with Crippen molar-refractivity contribution in [3.05, 3.63) is 0 Å². The number of hydrogen-bond donors (Lipinski definition) is 1. The second kappa shape index (κ2) is 3.90. The standard InChI is InChI=1S/C9H18N2O/c1-7(2)9(12)11-4-3-8(5-10)6-11/h7-8H,3-6,10H2,1-2H3/t8-/m0/s1. The Hall–Kier alpha value is -0.570. The molecule has 1 aliphatic heterocycles. The number of hydrogen-bond acceptors (Lipinski definition) is 2. The van der Waals surface area contributed by atoms with Crippen LogP contribution in [0.1, 0.15) is 20.3 Å². The maximum absolute atomic E-state index is 11.5. The van der Waals surface area contributed by atoms with Crippen LogP contribution in [-0.4, -0.2) is 30.4 Å². The summed E-state index contributed by atoms with van der Waals surface area (Å²) in [7, 11) is 0. The molecule has 0 unspecified atom stereocenters. The van der Waals surface area contributed by atoms with Gasteiger partial charge < -0.3 is 10.6 Å². The molecule has 1 rings (SSSR count). The zero-order chi connectivity index (χ0) is 9.14. The molecule has 0 bridgehead atoms. The smallest absolute Gasteiger partial charge is 0.225 e. The highest BCUT2D eigenvalue weighted by atomic mass is 16.2. The molecule has 3 nitrogen and oxygen atoms in total.